The van der Waals surface area contributed by atoms with Gasteiger partial charge in [0.25, 0.3) is 0 Å². The number of unbranched alkanes of at least 4 members (excludes halogenated alkanes) is 32. The zero-order valence-electron chi connectivity index (χ0n) is 45.1. The van der Waals surface area contributed by atoms with Gasteiger partial charge in [-0.25, -0.2) is 0 Å². The molecule has 0 aromatic rings. The number of ether oxygens (including phenoxy) is 3. The highest BCUT2D eigenvalue weighted by Gasteiger charge is 2.19. The molecule has 0 saturated carbocycles. The van der Waals surface area contributed by atoms with E-state index in [2.05, 4.69) is 81.5 Å². The minimum Gasteiger partial charge on any atom is -0.462 e. The molecule has 0 aromatic heterocycles. The van der Waals surface area contributed by atoms with Gasteiger partial charge >= 0.3 is 17.9 Å². The Hall–Kier alpha value is -2.89. The summed E-state index contributed by atoms with van der Waals surface area (Å²) in [5.41, 5.74) is 0. The van der Waals surface area contributed by atoms with Crippen molar-refractivity contribution in [3.05, 3.63) is 60.8 Å². The number of rotatable bonds is 53. The molecule has 6 heteroatoms. The summed E-state index contributed by atoms with van der Waals surface area (Å²) in [6.45, 7) is 6.59. The Morgan fingerprint density at radius 3 is 0.853 bits per heavy atom. The van der Waals surface area contributed by atoms with Gasteiger partial charge in [-0.3, -0.25) is 14.4 Å². The van der Waals surface area contributed by atoms with Crippen molar-refractivity contribution in [1.29, 1.82) is 0 Å². The van der Waals surface area contributed by atoms with E-state index in [1.165, 1.54) is 161 Å². The minimum atomic E-state index is -0.786. The maximum absolute atomic E-state index is 12.8. The molecule has 0 aliphatic heterocycles. The van der Waals surface area contributed by atoms with Gasteiger partial charge in [0.05, 0.1) is 0 Å². The first-order chi connectivity index (χ1) is 33.5. The second-order valence-electron chi connectivity index (χ2n) is 19.5. The van der Waals surface area contributed by atoms with Crippen molar-refractivity contribution in [3.63, 3.8) is 0 Å². The van der Waals surface area contributed by atoms with E-state index in [1.54, 1.807) is 0 Å². The van der Waals surface area contributed by atoms with Crippen LogP contribution in [-0.2, 0) is 28.6 Å². The van der Waals surface area contributed by atoms with Crippen LogP contribution in [0.15, 0.2) is 60.8 Å². The molecule has 0 spiro atoms. The number of hydrogen-bond donors (Lipinski definition) is 0. The van der Waals surface area contributed by atoms with Crippen LogP contribution in [-0.4, -0.2) is 37.2 Å². The second kappa shape index (κ2) is 56.7. The lowest BCUT2D eigenvalue weighted by Gasteiger charge is -2.18. The first-order valence-corrected chi connectivity index (χ1v) is 29.3. The van der Waals surface area contributed by atoms with Gasteiger partial charge in [0.2, 0.25) is 0 Å². The van der Waals surface area contributed by atoms with E-state index >= 15 is 0 Å². The summed E-state index contributed by atoms with van der Waals surface area (Å²) >= 11 is 0. The molecule has 1 unspecified atom stereocenters. The van der Waals surface area contributed by atoms with E-state index in [4.69, 9.17) is 14.2 Å². The van der Waals surface area contributed by atoms with E-state index in [0.717, 1.165) is 96.3 Å². The van der Waals surface area contributed by atoms with Crippen LogP contribution in [0.4, 0.5) is 0 Å². The maximum atomic E-state index is 12.8. The molecular formula is C62H110O6. The van der Waals surface area contributed by atoms with Crippen LogP contribution in [0.5, 0.6) is 0 Å². The summed E-state index contributed by atoms with van der Waals surface area (Å²) in [5.74, 6) is -0.900. The zero-order valence-corrected chi connectivity index (χ0v) is 45.1. The summed E-state index contributed by atoms with van der Waals surface area (Å²) in [4.78, 5) is 38.2. The summed E-state index contributed by atoms with van der Waals surface area (Å²) in [5, 5.41) is 0. The highest BCUT2D eigenvalue weighted by Crippen LogP contribution is 2.15. The summed E-state index contributed by atoms with van der Waals surface area (Å²) in [7, 11) is 0. The topological polar surface area (TPSA) is 78.9 Å². The van der Waals surface area contributed by atoms with Gasteiger partial charge in [-0.2, -0.15) is 0 Å². The smallest absolute Gasteiger partial charge is 0.306 e. The van der Waals surface area contributed by atoms with Crippen molar-refractivity contribution in [3.8, 4) is 0 Å². The van der Waals surface area contributed by atoms with Crippen LogP contribution >= 0.6 is 0 Å². The number of hydrogen-bond acceptors (Lipinski definition) is 6. The molecule has 0 saturated heterocycles. The lowest BCUT2D eigenvalue weighted by Crippen LogP contribution is -2.30. The first kappa shape index (κ1) is 65.1. The van der Waals surface area contributed by atoms with Crippen LogP contribution in [0.2, 0.25) is 0 Å². The third-order valence-electron chi connectivity index (χ3n) is 12.7. The Labute approximate surface area is 421 Å². The molecule has 0 amide bonds. The van der Waals surface area contributed by atoms with Crippen LogP contribution in [0, 0.1) is 0 Å². The Bertz CT molecular complexity index is 1230. The Morgan fingerprint density at radius 1 is 0.294 bits per heavy atom. The molecule has 0 radical (unpaired) electrons. The average Bonchev–Trinajstić information content (AvgIpc) is 3.34. The normalized spacial score (nSPS) is 12.5. The van der Waals surface area contributed by atoms with E-state index in [0.29, 0.717) is 19.3 Å². The molecule has 0 aromatic carbocycles. The number of esters is 3. The molecule has 0 N–H and O–H groups in total. The monoisotopic (exact) mass is 951 g/mol. The lowest BCUT2D eigenvalue weighted by atomic mass is 10.1. The Kier molecular flexibility index (Phi) is 54.3. The summed E-state index contributed by atoms with van der Waals surface area (Å²) < 4.78 is 16.9. The molecule has 0 rings (SSSR count). The third-order valence-corrected chi connectivity index (χ3v) is 12.7. The fraction of sp³-hybridized carbons (Fsp3) is 0.790. The fourth-order valence-electron chi connectivity index (χ4n) is 8.26. The van der Waals surface area contributed by atoms with Gasteiger partial charge in [0, 0.05) is 19.3 Å². The van der Waals surface area contributed by atoms with Gasteiger partial charge in [0.1, 0.15) is 13.2 Å². The predicted octanol–water partition coefficient (Wildman–Crippen LogP) is 19.6. The van der Waals surface area contributed by atoms with Gasteiger partial charge in [0.15, 0.2) is 6.10 Å². The molecule has 0 aliphatic rings. The van der Waals surface area contributed by atoms with Gasteiger partial charge in [-0.15, -0.1) is 0 Å². The zero-order chi connectivity index (χ0) is 49.3. The van der Waals surface area contributed by atoms with Crippen molar-refractivity contribution >= 4 is 17.9 Å². The molecule has 0 heterocycles. The van der Waals surface area contributed by atoms with Crippen LogP contribution in [0.25, 0.3) is 0 Å². The number of carbonyl (C=O) groups excluding carboxylic acids is 3. The van der Waals surface area contributed by atoms with Crippen molar-refractivity contribution in [2.75, 3.05) is 13.2 Å². The van der Waals surface area contributed by atoms with Gasteiger partial charge in [-0.05, 0) is 109 Å². The molecule has 0 fully saturated rings. The van der Waals surface area contributed by atoms with Crippen LogP contribution in [0.1, 0.15) is 297 Å². The molecule has 394 valence electrons. The molecule has 1 atom stereocenters. The van der Waals surface area contributed by atoms with E-state index in [1.807, 2.05) is 0 Å². The first-order valence-electron chi connectivity index (χ1n) is 29.3. The molecule has 68 heavy (non-hydrogen) atoms. The minimum absolute atomic E-state index is 0.0839. The quantitative estimate of drug-likeness (QED) is 0.0262. The third kappa shape index (κ3) is 54.1. The summed E-state index contributed by atoms with van der Waals surface area (Å²) in [6, 6.07) is 0. The van der Waals surface area contributed by atoms with Crippen LogP contribution in [0.3, 0.4) is 0 Å². The van der Waals surface area contributed by atoms with Crippen molar-refractivity contribution in [2.24, 2.45) is 0 Å². The number of allylic oxidation sites excluding steroid dienone is 10. The Balaban J connectivity index is 4.36. The Morgan fingerprint density at radius 2 is 0.529 bits per heavy atom. The molecule has 0 aliphatic carbocycles. The lowest BCUT2D eigenvalue weighted by molar-refractivity contribution is -0.167. The number of carbonyl (C=O) groups is 3. The van der Waals surface area contributed by atoms with Crippen LogP contribution < -0.4 is 0 Å². The van der Waals surface area contributed by atoms with E-state index < -0.39 is 6.10 Å². The summed E-state index contributed by atoms with van der Waals surface area (Å²) in [6.07, 6.45) is 70.6. The average molecular weight is 952 g/mol. The highest BCUT2D eigenvalue weighted by molar-refractivity contribution is 5.71. The second-order valence-corrected chi connectivity index (χ2v) is 19.5. The van der Waals surface area contributed by atoms with E-state index in [-0.39, 0.29) is 31.1 Å². The van der Waals surface area contributed by atoms with Gasteiger partial charge in [-0.1, -0.05) is 229 Å². The van der Waals surface area contributed by atoms with E-state index in [9.17, 15) is 14.4 Å². The maximum Gasteiger partial charge on any atom is 0.306 e. The molecule has 6 nitrogen and oxygen atoms in total. The standard InChI is InChI=1S/C62H110O6/c1-4-7-10-13-16-19-22-25-28-29-30-31-32-33-35-37-40-43-46-49-52-55-61(64)67-58-59(57-66-60(63)54-51-48-45-42-39-36-27-24-21-18-15-12-9-6-3)68-62(65)56-53-50-47-44-41-38-34-26-23-20-17-14-11-8-5-2/h17,20,22,24-27,29-30,34,59H,4-16,18-19,21,23,28,31-33,35-58H2,1-3H3/b20-17-,25-22-,27-24-,30-29-,34-26-. The SMILES string of the molecule is CCCCC/C=C\C/C=C\CCCCCCCC(=O)OC(COC(=O)CCCCCCC/C=C\CCCCCCC)COC(=O)CCCCCCCCCCC/C=C\C/C=C\CCCCCCC. The van der Waals surface area contributed by atoms with Crippen molar-refractivity contribution < 1.29 is 28.6 Å². The van der Waals surface area contributed by atoms with Crippen molar-refractivity contribution in [2.45, 2.75) is 303 Å². The highest BCUT2D eigenvalue weighted by atomic mass is 16.6. The predicted molar refractivity (Wildman–Crippen MR) is 293 cm³/mol. The molecular weight excluding hydrogens is 841 g/mol. The molecule has 0 bridgehead atoms. The largest absolute Gasteiger partial charge is 0.462 e. The van der Waals surface area contributed by atoms with Gasteiger partial charge < -0.3 is 14.2 Å². The van der Waals surface area contributed by atoms with Crippen molar-refractivity contribution in [1.82, 2.24) is 0 Å². The fourth-order valence-corrected chi connectivity index (χ4v) is 8.26.